The van der Waals surface area contributed by atoms with Crippen molar-refractivity contribution >= 4 is 28.5 Å². The van der Waals surface area contributed by atoms with Gasteiger partial charge in [-0.1, -0.05) is 0 Å². The van der Waals surface area contributed by atoms with E-state index in [0.717, 1.165) is 11.9 Å². The van der Waals surface area contributed by atoms with Gasteiger partial charge in [-0.15, -0.1) is 0 Å². The van der Waals surface area contributed by atoms with E-state index in [1.165, 1.54) is 24.3 Å². The first-order valence-corrected chi connectivity index (χ1v) is 8.76. The van der Waals surface area contributed by atoms with Crippen LogP contribution in [0.1, 0.15) is 23.2 Å². The lowest BCUT2D eigenvalue weighted by atomic mass is 9.96. The molecule has 0 aliphatic carbocycles. The third-order valence-corrected chi connectivity index (χ3v) is 4.75. The lowest BCUT2D eigenvalue weighted by Crippen LogP contribution is -2.43. The standard InChI is InChI=1S/C19H18FN5O2/c20-14-5-3-12(4-6-14)19(27)25-9-1-2-13(11-25)18(26)21-15-7-8-16-17(10-15)23-24-22-16/h3-8,10,13H,1-2,9,11H2,(H,21,26)(H,22,23,24). The molecular weight excluding hydrogens is 349 g/mol. The number of piperidine rings is 1. The number of hydrogen-bond donors (Lipinski definition) is 2. The number of H-pyrrole nitrogens is 1. The molecule has 27 heavy (non-hydrogen) atoms. The highest BCUT2D eigenvalue weighted by Crippen LogP contribution is 2.22. The van der Waals surface area contributed by atoms with Crippen molar-refractivity contribution in [3.05, 3.63) is 53.8 Å². The minimum Gasteiger partial charge on any atom is -0.338 e. The molecule has 2 aromatic carbocycles. The number of hydrogen-bond acceptors (Lipinski definition) is 4. The van der Waals surface area contributed by atoms with E-state index in [1.807, 2.05) is 0 Å². The van der Waals surface area contributed by atoms with Gasteiger partial charge in [0.05, 0.1) is 5.92 Å². The van der Waals surface area contributed by atoms with Gasteiger partial charge in [0, 0.05) is 24.3 Å². The molecular formula is C19H18FN5O2. The van der Waals surface area contributed by atoms with Gasteiger partial charge in [-0.2, -0.15) is 15.4 Å². The summed E-state index contributed by atoms with van der Waals surface area (Å²) in [6.07, 6.45) is 1.46. The molecule has 4 rings (SSSR count). The molecule has 0 bridgehead atoms. The first-order chi connectivity index (χ1) is 13.1. The average Bonchev–Trinajstić information content (AvgIpc) is 3.16. The second-order valence-corrected chi connectivity index (χ2v) is 6.61. The number of likely N-dealkylation sites (tertiary alicyclic amines) is 1. The van der Waals surface area contributed by atoms with E-state index in [9.17, 15) is 14.0 Å². The molecule has 0 saturated carbocycles. The van der Waals surface area contributed by atoms with Gasteiger partial charge < -0.3 is 10.2 Å². The fourth-order valence-electron chi connectivity index (χ4n) is 3.31. The van der Waals surface area contributed by atoms with Crippen molar-refractivity contribution in [2.24, 2.45) is 5.92 Å². The van der Waals surface area contributed by atoms with Crippen molar-refractivity contribution in [2.75, 3.05) is 18.4 Å². The van der Waals surface area contributed by atoms with E-state index in [2.05, 4.69) is 20.7 Å². The molecule has 1 atom stereocenters. The van der Waals surface area contributed by atoms with Gasteiger partial charge in [-0.05, 0) is 55.3 Å². The second-order valence-electron chi connectivity index (χ2n) is 6.61. The molecule has 2 heterocycles. The van der Waals surface area contributed by atoms with Crippen LogP contribution in [-0.4, -0.2) is 45.2 Å². The Kier molecular flexibility index (Phi) is 4.53. The zero-order valence-electron chi connectivity index (χ0n) is 14.5. The topological polar surface area (TPSA) is 91.0 Å². The summed E-state index contributed by atoms with van der Waals surface area (Å²) in [4.78, 5) is 26.9. The molecule has 1 aliphatic heterocycles. The molecule has 3 aromatic rings. The van der Waals surface area contributed by atoms with Crippen LogP contribution in [0.4, 0.5) is 10.1 Å². The van der Waals surface area contributed by atoms with Gasteiger partial charge in [-0.3, -0.25) is 9.59 Å². The Morgan fingerprint density at radius 2 is 1.89 bits per heavy atom. The van der Waals surface area contributed by atoms with Gasteiger partial charge >= 0.3 is 0 Å². The Balaban J connectivity index is 1.43. The maximum Gasteiger partial charge on any atom is 0.253 e. The Labute approximate surface area is 154 Å². The minimum atomic E-state index is -0.383. The van der Waals surface area contributed by atoms with Gasteiger partial charge in [0.1, 0.15) is 16.9 Å². The van der Waals surface area contributed by atoms with Gasteiger partial charge in [0.25, 0.3) is 5.91 Å². The van der Waals surface area contributed by atoms with Crippen molar-refractivity contribution in [2.45, 2.75) is 12.8 Å². The van der Waals surface area contributed by atoms with Crippen molar-refractivity contribution in [3.8, 4) is 0 Å². The minimum absolute atomic E-state index is 0.130. The Bertz CT molecular complexity index is 985. The van der Waals surface area contributed by atoms with E-state index in [-0.39, 0.29) is 23.5 Å². The Morgan fingerprint density at radius 1 is 1.11 bits per heavy atom. The number of benzene rings is 2. The molecule has 1 saturated heterocycles. The number of carbonyl (C=O) groups is 2. The van der Waals surface area contributed by atoms with Crippen LogP contribution in [0, 0.1) is 11.7 Å². The number of nitrogens with one attached hydrogen (secondary N) is 2. The predicted octanol–water partition coefficient (Wildman–Crippen LogP) is 2.59. The van der Waals surface area contributed by atoms with Crippen LogP contribution < -0.4 is 5.32 Å². The number of amides is 2. The van der Waals surface area contributed by atoms with E-state index in [4.69, 9.17) is 0 Å². The van der Waals surface area contributed by atoms with E-state index >= 15 is 0 Å². The fourth-order valence-corrected chi connectivity index (χ4v) is 3.31. The van der Waals surface area contributed by atoms with Gasteiger partial charge in [-0.25, -0.2) is 4.39 Å². The molecule has 1 fully saturated rings. The Hall–Kier alpha value is -3.29. The predicted molar refractivity (Wildman–Crippen MR) is 97.5 cm³/mol. The van der Waals surface area contributed by atoms with Crippen LogP contribution in [0.25, 0.3) is 11.0 Å². The molecule has 1 aromatic heterocycles. The zero-order valence-corrected chi connectivity index (χ0v) is 14.5. The highest BCUT2D eigenvalue weighted by Gasteiger charge is 2.29. The van der Waals surface area contributed by atoms with Crippen molar-refractivity contribution in [1.82, 2.24) is 20.3 Å². The van der Waals surface area contributed by atoms with Crippen LogP contribution in [0.15, 0.2) is 42.5 Å². The first-order valence-electron chi connectivity index (χ1n) is 8.76. The number of rotatable bonds is 3. The maximum atomic E-state index is 13.1. The molecule has 1 aliphatic rings. The molecule has 8 heteroatoms. The monoisotopic (exact) mass is 367 g/mol. The van der Waals surface area contributed by atoms with Crippen LogP contribution in [-0.2, 0) is 4.79 Å². The molecule has 0 radical (unpaired) electrons. The zero-order chi connectivity index (χ0) is 18.8. The maximum absolute atomic E-state index is 13.1. The lowest BCUT2D eigenvalue weighted by Gasteiger charge is -2.32. The Morgan fingerprint density at radius 3 is 2.70 bits per heavy atom. The van der Waals surface area contributed by atoms with E-state index in [0.29, 0.717) is 36.3 Å². The SMILES string of the molecule is O=C(Nc1ccc2n[nH]nc2c1)C1CCCN(C(=O)c2ccc(F)cc2)C1. The molecule has 1 unspecified atom stereocenters. The smallest absolute Gasteiger partial charge is 0.253 e. The number of carbonyl (C=O) groups excluding carboxylic acids is 2. The molecule has 0 spiro atoms. The summed E-state index contributed by atoms with van der Waals surface area (Å²) in [5, 5.41) is 13.4. The summed E-state index contributed by atoms with van der Waals surface area (Å²) < 4.78 is 13.1. The second kappa shape index (κ2) is 7.14. The van der Waals surface area contributed by atoms with E-state index in [1.54, 1.807) is 23.1 Å². The van der Waals surface area contributed by atoms with Crippen LogP contribution >= 0.6 is 0 Å². The number of nitrogens with zero attached hydrogens (tertiary/aromatic N) is 3. The molecule has 7 nitrogen and oxygen atoms in total. The van der Waals surface area contributed by atoms with Crippen LogP contribution in [0.5, 0.6) is 0 Å². The van der Waals surface area contributed by atoms with Crippen molar-refractivity contribution in [1.29, 1.82) is 0 Å². The molecule has 138 valence electrons. The first kappa shape index (κ1) is 17.1. The third-order valence-electron chi connectivity index (χ3n) is 4.75. The summed E-state index contributed by atoms with van der Waals surface area (Å²) >= 11 is 0. The highest BCUT2D eigenvalue weighted by atomic mass is 19.1. The summed E-state index contributed by atoms with van der Waals surface area (Å²) in [6.45, 7) is 0.930. The number of fused-ring (bicyclic) bond motifs is 1. The van der Waals surface area contributed by atoms with Gasteiger partial charge in [0.2, 0.25) is 5.91 Å². The normalized spacial score (nSPS) is 17.1. The lowest BCUT2D eigenvalue weighted by molar-refractivity contribution is -0.121. The van der Waals surface area contributed by atoms with Crippen LogP contribution in [0.3, 0.4) is 0 Å². The van der Waals surface area contributed by atoms with Crippen LogP contribution in [0.2, 0.25) is 0 Å². The van der Waals surface area contributed by atoms with Crippen molar-refractivity contribution < 1.29 is 14.0 Å². The average molecular weight is 367 g/mol. The number of halogens is 1. The molecule has 2 N–H and O–H groups in total. The molecule has 2 amide bonds. The number of aromatic amines is 1. The quantitative estimate of drug-likeness (QED) is 0.744. The third kappa shape index (κ3) is 3.64. The summed E-state index contributed by atoms with van der Waals surface area (Å²) in [7, 11) is 0. The van der Waals surface area contributed by atoms with Crippen molar-refractivity contribution in [3.63, 3.8) is 0 Å². The largest absolute Gasteiger partial charge is 0.338 e. The van der Waals surface area contributed by atoms with E-state index < -0.39 is 0 Å². The summed E-state index contributed by atoms with van der Waals surface area (Å²) in [6, 6.07) is 10.8. The highest BCUT2D eigenvalue weighted by molar-refractivity contribution is 5.97. The van der Waals surface area contributed by atoms with Gasteiger partial charge in [0.15, 0.2) is 0 Å². The fraction of sp³-hybridized carbons (Fsp3) is 0.263. The summed E-state index contributed by atoms with van der Waals surface area (Å²) in [5.41, 5.74) is 2.46. The number of aromatic nitrogens is 3. The summed E-state index contributed by atoms with van der Waals surface area (Å²) in [5.74, 6) is -0.992. The number of anilines is 1.